The number of rotatable bonds is 11. The van der Waals surface area contributed by atoms with Crippen LogP contribution in [-0.2, 0) is 14.4 Å². The van der Waals surface area contributed by atoms with Crippen molar-refractivity contribution in [2.75, 3.05) is 33.2 Å². The molecule has 0 bridgehead atoms. The fourth-order valence-electron chi connectivity index (χ4n) is 3.92. The minimum atomic E-state index is -1.17. The van der Waals surface area contributed by atoms with E-state index >= 15 is 0 Å². The van der Waals surface area contributed by atoms with Gasteiger partial charge >= 0.3 is 12.0 Å². The quantitative estimate of drug-likeness (QED) is 0.158. The monoisotopic (exact) mass is 467 g/mol. The number of nitrogens with zero attached hydrogens (tertiary/aromatic N) is 3. The molecule has 0 radical (unpaired) electrons. The zero-order valence-electron chi connectivity index (χ0n) is 19.5. The van der Waals surface area contributed by atoms with Crippen LogP contribution in [0.3, 0.4) is 0 Å². The maximum Gasteiger partial charge on any atom is 0.323 e. The summed E-state index contributed by atoms with van der Waals surface area (Å²) in [6.45, 7) is 3.02. The number of carbonyl (C=O) groups excluding carboxylic acids is 3. The van der Waals surface area contributed by atoms with Crippen LogP contribution in [0.15, 0.2) is 0 Å². The first-order valence-corrected chi connectivity index (χ1v) is 11.5. The number of likely N-dealkylation sites (N-methyl/N-ethyl adjacent to an activating group) is 1. The van der Waals surface area contributed by atoms with Gasteiger partial charge in [0.1, 0.15) is 12.6 Å². The average molecular weight is 468 g/mol. The van der Waals surface area contributed by atoms with E-state index in [9.17, 15) is 24.3 Å². The number of guanidine groups is 1. The van der Waals surface area contributed by atoms with Crippen molar-refractivity contribution >= 4 is 29.8 Å². The molecule has 0 aromatic rings. The number of unbranched alkanes of at least 4 members (excludes halogenated alkanes) is 1. The molecule has 1 saturated carbocycles. The molecule has 12 heteroatoms. The highest BCUT2D eigenvalue weighted by Crippen LogP contribution is 2.27. The SMILES string of the molecule is CCCCNC(=O)N[C@@H](CC(=O)N(C)[C@H]1CCCN(C(=N)N)C1)C(=O)N(CC(=O)O)C1CC1. The Morgan fingerprint density at radius 2 is 1.91 bits per heavy atom. The van der Waals surface area contributed by atoms with Crippen molar-refractivity contribution in [3.63, 3.8) is 0 Å². The van der Waals surface area contributed by atoms with Gasteiger partial charge in [-0.05, 0) is 32.1 Å². The lowest BCUT2D eigenvalue weighted by atomic mass is 10.0. The van der Waals surface area contributed by atoms with E-state index in [0.29, 0.717) is 32.5 Å². The van der Waals surface area contributed by atoms with Gasteiger partial charge in [-0.15, -0.1) is 0 Å². The van der Waals surface area contributed by atoms with Crippen molar-refractivity contribution in [3.8, 4) is 0 Å². The molecule has 1 aliphatic heterocycles. The maximum absolute atomic E-state index is 13.2. The van der Waals surface area contributed by atoms with E-state index in [-0.39, 0.29) is 30.4 Å². The van der Waals surface area contributed by atoms with E-state index in [1.54, 1.807) is 11.9 Å². The van der Waals surface area contributed by atoms with E-state index in [1.807, 2.05) is 6.92 Å². The van der Waals surface area contributed by atoms with Gasteiger partial charge in [-0.3, -0.25) is 19.8 Å². The Labute approximate surface area is 194 Å². The summed E-state index contributed by atoms with van der Waals surface area (Å²) in [5.41, 5.74) is 5.59. The Morgan fingerprint density at radius 1 is 1.21 bits per heavy atom. The molecule has 0 aromatic carbocycles. The first-order valence-electron chi connectivity index (χ1n) is 11.5. The summed E-state index contributed by atoms with van der Waals surface area (Å²) < 4.78 is 0. The Balaban J connectivity index is 2.10. The second kappa shape index (κ2) is 12.3. The standard InChI is InChI=1S/C21H37N7O5/c1-3-4-9-24-21(33)25-16(19(32)28(13-18(30)31)14-7-8-14)11-17(29)26(2)15-6-5-10-27(12-15)20(22)23/h14-16H,3-13H2,1-2H3,(H3,22,23)(H,30,31)(H2,24,25,33)/t15-,16-/m0/s1. The van der Waals surface area contributed by atoms with E-state index < -0.39 is 30.5 Å². The van der Waals surface area contributed by atoms with Crippen LogP contribution >= 0.6 is 0 Å². The minimum absolute atomic E-state index is 0.0484. The molecule has 186 valence electrons. The fraction of sp³-hybridized carbons (Fsp3) is 0.762. The van der Waals surface area contributed by atoms with E-state index in [1.165, 1.54) is 9.80 Å². The lowest BCUT2D eigenvalue weighted by molar-refractivity contribution is -0.146. The fourth-order valence-corrected chi connectivity index (χ4v) is 3.92. The highest BCUT2D eigenvalue weighted by Gasteiger charge is 2.39. The third-order valence-electron chi connectivity index (χ3n) is 6.05. The Morgan fingerprint density at radius 3 is 2.48 bits per heavy atom. The van der Waals surface area contributed by atoms with Crippen molar-refractivity contribution in [1.82, 2.24) is 25.3 Å². The zero-order valence-corrected chi connectivity index (χ0v) is 19.5. The van der Waals surface area contributed by atoms with Crippen LogP contribution < -0.4 is 16.4 Å². The largest absolute Gasteiger partial charge is 0.480 e. The number of amides is 4. The molecule has 0 unspecified atom stereocenters. The van der Waals surface area contributed by atoms with Gasteiger partial charge in [0.15, 0.2) is 5.96 Å². The summed E-state index contributed by atoms with van der Waals surface area (Å²) in [4.78, 5) is 54.4. The van der Waals surface area contributed by atoms with E-state index in [4.69, 9.17) is 11.1 Å². The average Bonchev–Trinajstić information content (AvgIpc) is 3.61. The number of aliphatic carboxylic acids is 1. The first-order chi connectivity index (χ1) is 15.6. The lowest BCUT2D eigenvalue weighted by Gasteiger charge is -2.38. The van der Waals surface area contributed by atoms with E-state index in [2.05, 4.69) is 10.6 Å². The molecule has 1 heterocycles. The van der Waals surface area contributed by atoms with Gasteiger partial charge in [-0.25, -0.2) is 4.79 Å². The molecule has 33 heavy (non-hydrogen) atoms. The summed E-state index contributed by atoms with van der Waals surface area (Å²) in [5.74, 6) is -2.10. The van der Waals surface area contributed by atoms with Gasteiger partial charge in [-0.1, -0.05) is 13.3 Å². The van der Waals surface area contributed by atoms with Crippen molar-refractivity contribution in [1.29, 1.82) is 5.41 Å². The van der Waals surface area contributed by atoms with Gasteiger partial charge in [0, 0.05) is 38.8 Å². The molecule has 0 spiro atoms. The zero-order chi connectivity index (χ0) is 24.5. The molecular formula is C21H37N7O5. The normalized spacial score (nSPS) is 18.7. The van der Waals surface area contributed by atoms with Crippen molar-refractivity contribution in [2.45, 2.75) is 70.0 Å². The van der Waals surface area contributed by atoms with Crippen LogP contribution in [0, 0.1) is 5.41 Å². The van der Waals surface area contributed by atoms with Gasteiger partial charge < -0.3 is 36.2 Å². The lowest BCUT2D eigenvalue weighted by Crippen LogP contribution is -2.56. The van der Waals surface area contributed by atoms with Gasteiger partial charge in [0.25, 0.3) is 0 Å². The number of hydrogen-bond donors (Lipinski definition) is 5. The second-order valence-corrected chi connectivity index (χ2v) is 8.73. The summed E-state index contributed by atoms with van der Waals surface area (Å²) in [6, 6.07) is -2.10. The first kappa shape index (κ1) is 26.2. The topological polar surface area (TPSA) is 172 Å². The molecule has 6 N–H and O–H groups in total. The predicted octanol–water partition coefficient (Wildman–Crippen LogP) is -0.264. The molecule has 4 amide bonds. The molecule has 2 rings (SSSR count). The number of urea groups is 1. The Kier molecular flexibility index (Phi) is 9.74. The Bertz CT molecular complexity index is 743. The van der Waals surface area contributed by atoms with Crippen LogP contribution in [0.5, 0.6) is 0 Å². The number of nitrogens with two attached hydrogens (primary N) is 1. The minimum Gasteiger partial charge on any atom is -0.480 e. The third-order valence-corrected chi connectivity index (χ3v) is 6.05. The van der Waals surface area contributed by atoms with Crippen LogP contribution in [0.4, 0.5) is 4.79 Å². The van der Waals surface area contributed by atoms with Crippen LogP contribution in [0.1, 0.15) is 51.9 Å². The van der Waals surface area contributed by atoms with Crippen LogP contribution in [-0.4, -0.2) is 101 Å². The molecular weight excluding hydrogens is 430 g/mol. The van der Waals surface area contributed by atoms with Crippen molar-refractivity contribution < 1.29 is 24.3 Å². The second-order valence-electron chi connectivity index (χ2n) is 8.73. The van der Waals surface area contributed by atoms with Crippen molar-refractivity contribution in [2.24, 2.45) is 5.73 Å². The number of carboxylic acid groups (broad SMARTS) is 1. The highest BCUT2D eigenvalue weighted by atomic mass is 16.4. The highest BCUT2D eigenvalue weighted by molar-refractivity contribution is 5.93. The summed E-state index contributed by atoms with van der Waals surface area (Å²) >= 11 is 0. The summed E-state index contributed by atoms with van der Waals surface area (Å²) in [6.07, 6.45) is 4.29. The summed E-state index contributed by atoms with van der Waals surface area (Å²) in [7, 11) is 1.63. The van der Waals surface area contributed by atoms with Gasteiger partial charge in [-0.2, -0.15) is 0 Å². The van der Waals surface area contributed by atoms with E-state index in [0.717, 1.165) is 25.7 Å². The van der Waals surface area contributed by atoms with Crippen LogP contribution in [0.25, 0.3) is 0 Å². The number of carboxylic acids is 1. The molecule has 1 saturated heterocycles. The van der Waals surface area contributed by atoms with Crippen molar-refractivity contribution in [3.05, 3.63) is 0 Å². The molecule has 12 nitrogen and oxygen atoms in total. The van der Waals surface area contributed by atoms with Crippen LogP contribution in [0.2, 0.25) is 0 Å². The smallest absolute Gasteiger partial charge is 0.323 e. The summed E-state index contributed by atoms with van der Waals surface area (Å²) in [5, 5.41) is 22.1. The maximum atomic E-state index is 13.2. The molecule has 1 aliphatic carbocycles. The number of likely N-dealkylation sites (tertiary alicyclic amines) is 1. The molecule has 2 aliphatic rings. The van der Waals surface area contributed by atoms with Gasteiger partial charge in [0.2, 0.25) is 11.8 Å². The number of piperidine rings is 1. The third kappa shape index (κ3) is 8.10. The Hall–Kier alpha value is -3.05. The number of nitrogens with one attached hydrogen (secondary N) is 3. The molecule has 2 fully saturated rings. The molecule has 2 atom stereocenters. The van der Waals surface area contributed by atoms with Gasteiger partial charge in [0.05, 0.1) is 6.42 Å². The predicted molar refractivity (Wildman–Crippen MR) is 121 cm³/mol. The number of hydrogen-bond acceptors (Lipinski definition) is 5. The number of carbonyl (C=O) groups is 4. The molecule has 0 aromatic heterocycles.